The lowest BCUT2D eigenvalue weighted by Gasteiger charge is -2.35. The minimum absolute atomic E-state index is 0. The van der Waals surface area contributed by atoms with Crippen LogP contribution in [0.3, 0.4) is 0 Å². The van der Waals surface area contributed by atoms with Gasteiger partial charge in [-0.25, -0.2) is 0 Å². The van der Waals surface area contributed by atoms with E-state index in [2.05, 4.69) is 11.8 Å². The smallest absolute Gasteiger partial charge is 0.236 e. The summed E-state index contributed by atoms with van der Waals surface area (Å²) in [5.41, 5.74) is 5.95. The fraction of sp³-hybridized carbons (Fsp3) is 0.923. The van der Waals surface area contributed by atoms with Crippen LogP contribution in [0.25, 0.3) is 0 Å². The van der Waals surface area contributed by atoms with Crippen molar-refractivity contribution in [2.24, 2.45) is 11.7 Å². The summed E-state index contributed by atoms with van der Waals surface area (Å²) < 4.78 is 0. The van der Waals surface area contributed by atoms with Crippen LogP contribution in [-0.2, 0) is 4.79 Å². The van der Waals surface area contributed by atoms with Gasteiger partial charge in [-0.05, 0) is 46.1 Å². The van der Waals surface area contributed by atoms with Crippen LogP contribution in [0.1, 0.15) is 33.6 Å². The lowest BCUT2D eigenvalue weighted by Crippen LogP contribution is -2.47. The highest BCUT2D eigenvalue weighted by molar-refractivity contribution is 5.85. The zero-order valence-corrected chi connectivity index (χ0v) is 12.7. The van der Waals surface area contributed by atoms with Gasteiger partial charge in [0, 0.05) is 25.7 Å². The normalized spacial score (nSPS) is 22.1. The molecule has 0 aromatic carbocycles. The third-order valence-corrected chi connectivity index (χ3v) is 3.76. The Morgan fingerprint density at radius 3 is 2.56 bits per heavy atom. The van der Waals surface area contributed by atoms with Crippen molar-refractivity contribution >= 4 is 18.3 Å². The maximum atomic E-state index is 12.0. The summed E-state index contributed by atoms with van der Waals surface area (Å²) in [6, 6.07) is 0.237. The number of likely N-dealkylation sites (N-methyl/N-ethyl adjacent to an activating group) is 1. The van der Waals surface area contributed by atoms with Gasteiger partial charge in [-0.1, -0.05) is 0 Å². The number of halogens is 1. The van der Waals surface area contributed by atoms with Gasteiger partial charge in [0.15, 0.2) is 0 Å². The van der Waals surface area contributed by atoms with Crippen LogP contribution in [0.2, 0.25) is 0 Å². The standard InChI is InChI=1S/C13H27N3O.ClH/c1-4-16(5-2)13(17)10-15-8-6-7-12(9-15)11(3)14;/h11-12H,4-10,14H2,1-3H3;1H. The first-order valence-electron chi connectivity index (χ1n) is 6.84. The summed E-state index contributed by atoms with van der Waals surface area (Å²) in [4.78, 5) is 16.2. The number of rotatable bonds is 5. The molecule has 1 aliphatic heterocycles. The van der Waals surface area contributed by atoms with Gasteiger partial charge in [0.1, 0.15) is 0 Å². The van der Waals surface area contributed by atoms with Crippen molar-refractivity contribution < 1.29 is 4.79 Å². The van der Waals surface area contributed by atoms with Crippen LogP contribution >= 0.6 is 12.4 Å². The fourth-order valence-electron chi connectivity index (χ4n) is 2.53. The first-order valence-corrected chi connectivity index (χ1v) is 6.84. The fourth-order valence-corrected chi connectivity index (χ4v) is 2.53. The third kappa shape index (κ3) is 5.12. The van der Waals surface area contributed by atoms with Crippen molar-refractivity contribution in [3.8, 4) is 0 Å². The minimum atomic E-state index is 0. The van der Waals surface area contributed by atoms with Gasteiger partial charge in [0.25, 0.3) is 0 Å². The predicted molar refractivity (Wildman–Crippen MR) is 78.0 cm³/mol. The number of hydrogen-bond acceptors (Lipinski definition) is 3. The molecule has 2 unspecified atom stereocenters. The van der Waals surface area contributed by atoms with E-state index < -0.39 is 0 Å². The molecular formula is C13H28ClN3O. The van der Waals surface area contributed by atoms with Crippen LogP contribution in [-0.4, -0.2) is 54.5 Å². The lowest BCUT2D eigenvalue weighted by atomic mass is 9.92. The number of carbonyl (C=O) groups is 1. The Kier molecular flexibility index (Phi) is 8.57. The second kappa shape index (κ2) is 8.73. The summed E-state index contributed by atoms with van der Waals surface area (Å²) in [7, 11) is 0. The van der Waals surface area contributed by atoms with Crippen molar-refractivity contribution in [2.75, 3.05) is 32.7 Å². The SMILES string of the molecule is CCN(CC)C(=O)CN1CCCC(C(C)N)C1.Cl. The molecule has 18 heavy (non-hydrogen) atoms. The molecule has 0 aromatic rings. The molecular weight excluding hydrogens is 250 g/mol. The summed E-state index contributed by atoms with van der Waals surface area (Å²) in [5.74, 6) is 0.800. The minimum Gasteiger partial charge on any atom is -0.342 e. The average Bonchev–Trinajstić information content (AvgIpc) is 2.30. The maximum Gasteiger partial charge on any atom is 0.236 e. The molecule has 1 aliphatic rings. The number of carbonyl (C=O) groups excluding carboxylic acids is 1. The van der Waals surface area contributed by atoms with E-state index in [1.54, 1.807) is 0 Å². The molecule has 1 heterocycles. The topological polar surface area (TPSA) is 49.6 Å². The van der Waals surface area contributed by atoms with E-state index in [4.69, 9.17) is 5.73 Å². The second-order valence-electron chi connectivity index (χ2n) is 5.06. The van der Waals surface area contributed by atoms with E-state index in [1.165, 1.54) is 6.42 Å². The number of piperidine rings is 1. The molecule has 0 spiro atoms. The van der Waals surface area contributed by atoms with Crippen LogP contribution in [0.15, 0.2) is 0 Å². The molecule has 108 valence electrons. The molecule has 0 bridgehead atoms. The van der Waals surface area contributed by atoms with Gasteiger partial charge >= 0.3 is 0 Å². The summed E-state index contributed by atoms with van der Waals surface area (Å²) >= 11 is 0. The highest BCUT2D eigenvalue weighted by atomic mass is 35.5. The quantitative estimate of drug-likeness (QED) is 0.825. The maximum absolute atomic E-state index is 12.0. The zero-order valence-electron chi connectivity index (χ0n) is 11.9. The molecule has 5 heteroatoms. The van der Waals surface area contributed by atoms with Crippen molar-refractivity contribution in [2.45, 2.75) is 39.7 Å². The summed E-state index contributed by atoms with van der Waals surface area (Å²) in [6.45, 7) is 10.3. The molecule has 1 saturated heterocycles. The average molecular weight is 278 g/mol. The molecule has 0 radical (unpaired) electrons. The van der Waals surface area contributed by atoms with Crippen molar-refractivity contribution in [1.82, 2.24) is 9.80 Å². The van der Waals surface area contributed by atoms with Gasteiger partial charge in [-0.3, -0.25) is 9.69 Å². The second-order valence-corrected chi connectivity index (χ2v) is 5.06. The Morgan fingerprint density at radius 2 is 2.06 bits per heavy atom. The number of nitrogens with two attached hydrogens (primary N) is 1. The molecule has 2 N–H and O–H groups in total. The van der Waals surface area contributed by atoms with Crippen LogP contribution in [0, 0.1) is 5.92 Å². The number of amides is 1. The Hall–Kier alpha value is -0.320. The molecule has 1 fully saturated rings. The van der Waals surface area contributed by atoms with E-state index in [9.17, 15) is 4.79 Å². The third-order valence-electron chi connectivity index (χ3n) is 3.76. The molecule has 1 amide bonds. The summed E-state index contributed by atoms with van der Waals surface area (Å²) in [6.07, 6.45) is 2.37. The predicted octanol–water partition coefficient (Wildman–Crippen LogP) is 1.34. The zero-order chi connectivity index (χ0) is 12.8. The van der Waals surface area contributed by atoms with Gasteiger partial charge in [0.2, 0.25) is 5.91 Å². The van der Waals surface area contributed by atoms with E-state index in [0.29, 0.717) is 12.5 Å². The largest absolute Gasteiger partial charge is 0.342 e. The first kappa shape index (κ1) is 17.7. The monoisotopic (exact) mass is 277 g/mol. The van der Waals surface area contributed by atoms with Crippen LogP contribution in [0.5, 0.6) is 0 Å². The number of hydrogen-bond donors (Lipinski definition) is 1. The van der Waals surface area contributed by atoms with Crippen molar-refractivity contribution in [3.63, 3.8) is 0 Å². The summed E-state index contributed by atoms with van der Waals surface area (Å²) in [5, 5.41) is 0. The van der Waals surface area contributed by atoms with E-state index in [1.807, 2.05) is 18.7 Å². The van der Waals surface area contributed by atoms with Gasteiger partial charge in [-0.2, -0.15) is 0 Å². The molecule has 0 aromatic heterocycles. The Labute approximate surface area is 117 Å². The Balaban J connectivity index is 0.00000289. The van der Waals surface area contributed by atoms with E-state index in [0.717, 1.165) is 32.6 Å². The lowest BCUT2D eigenvalue weighted by molar-refractivity contribution is -0.132. The van der Waals surface area contributed by atoms with Crippen LogP contribution < -0.4 is 5.73 Å². The number of nitrogens with zero attached hydrogens (tertiary/aromatic N) is 2. The number of likely N-dealkylation sites (tertiary alicyclic amines) is 1. The van der Waals surface area contributed by atoms with Gasteiger partial charge < -0.3 is 10.6 Å². The van der Waals surface area contributed by atoms with E-state index >= 15 is 0 Å². The molecule has 0 aliphatic carbocycles. The highest BCUT2D eigenvalue weighted by Crippen LogP contribution is 2.18. The van der Waals surface area contributed by atoms with Crippen molar-refractivity contribution in [3.05, 3.63) is 0 Å². The molecule has 4 nitrogen and oxygen atoms in total. The molecule has 2 atom stereocenters. The molecule has 0 saturated carbocycles. The Morgan fingerprint density at radius 1 is 1.44 bits per heavy atom. The Bertz CT molecular complexity index is 244. The van der Waals surface area contributed by atoms with Crippen LogP contribution in [0.4, 0.5) is 0 Å². The molecule has 1 rings (SSSR count). The highest BCUT2D eigenvalue weighted by Gasteiger charge is 2.24. The van der Waals surface area contributed by atoms with Crippen molar-refractivity contribution in [1.29, 1.82) is 0 Å². The first-order chi connectivity index (χ1) is 8.08. The van der Waals surface area contributed by atoms with E-state index in [-0.39, 0.29) is 24.4 Å². The van der Waals surface area contributed by atoms with Gasteiger partial charge in [-0.15, -0.1) is 12.4 Å². The van der Waals surface area contributed by atoms with Gasteiger partial charge in [0.05, 0.1) is 6.54 Å².